The van der Waals surface area contributed by atoms with Gasteiger partial charge >= 0.3 is 6.09 Å². The summed E-state index contributed by atoms with van der Waals surface area (Å²) >= 11 is 0. The third kappa shape index (κ3) is 5.15. The molecule has 0 unspecified atom stereocenters. The molecular formula is C18H19NO2. The van der Waals surface area contributed by atoms with Crippen molar-refractivity contribution in [3.05, 3.63) is 84.4 Å². The predicted octanol–water partition coefficient (Wildman–Crippen LogP) is 3.71. The molecule has 2 aromatic carbocycles. The number of hydrogen-bond acceptors (Lipinski definition) is 2. The van der Waals surface area contributed by atoms with E-state index in [1.165, 1.54) is 0 Å². The number of rotatable bonds is 6. The Morgan fingerprint density at radius 2 is 1.62 bits per heavy atom. The van der Waals surface area contributed by atoms with Crippen molar-refractivity contribution in [2.75, 3.05) is 0 Å². The number of carbonyl (C=O) groups is 1. The Balaban J connectivity index is 1.81. The highest BCUT2D eigenvalue weighted by Crippen LogP contribution is 2.05. The fourth-order valence-electron chi connectivity index (χ4n) is 1.98. The monoisotopic (exact) mass is 281 g/mol. The molecule has 0 spiro atoms. The van der Waals surface area contributed by atoms with Gasteiger partial charge in [0.05, 0.1) is 6.04 Å². The Morgan fingerprint density at radius 3 is 2.19 bits per heavy atom. The van der Waals surface area contributed by atoms with Gasteiger partial charge in [0.25, 0.3) is 0 Å². The van der Waals surface area contributed by atoms with E-state index >= 15 is 0 Å². The lowest BCUT2D eigenvalue weighted by atomic mass is 10.1. The topological polar surface area (TPSA) is 38.3 Å². The molecule has 0 aliphatic heterocycles. The molecule has 0 bridgehead atoms. The fraction of sp³-hybridized carbons (Fsp3) is 0.167. The van der Waals surface area contributed by atoms with Crippen molar-refractivity contribution in [1.29, 1.82) is 0 Å². The average Bonchev–Trinajstić information content (AvgIpc) is 2.54. The second-order valence-electron chi connectivity index (χ2n) is 4.74. The molecule has 1 amide bonds. The molecule has 2 aromatic rings. The van der Waals surface area contributed by atoms with Gasteiger partial charge in [-0.05, 0) is 17.5 Å². The summed E-state index contributed by atoms with van der Waals surface area (Å²) in [6.45, 7) is 4.02. The van der Waals surface area contributed by atoms with Crippen LogP contribution in [0, 0.1) is 0 Å². The van der Waals surface area contributed by atoms with Crippen molar-refractivity contribution in [2.45, 2.75) is 19.1 Å². The third-order valence-electron chi connectivity index (χ3n) is 3.10. The number of alkyl carbamates (subject to hydrolysis) is 1. The average molecular weight is 281 g/mol. The SMILES string of the molecule is C=C[C@H](Cc1ccccc1)NC(=O)OCc1ccccc1. The first-order valence-corrected chi connectivity index (χ1v) is 6.91. The minimum Gasteiger partial charge on any atom is -0.445 e. The summed E-state index contributed by atoms with van der Waals surface area (Å²) in [5.74, 6) is 0. The zero-order valence-electron chi connectivity index (χ0n) is 11.9. The summed E-state index contributed by atoms with van der Waals surface area (Å²) in [5, 5.41) is 2.81. The van der Waals surface area contributed by atoms with Gasteiger partial charge in [0, 0.05) is 0 Å². The van der Waals surface area contributed by atoms with E-state index in [0.29, 0.717) is 6.42 Å². The molecule has 0 saturated carbocycles. The Labute approximate surface area is 125 Å². The highest BCUT2D eigenvalue weighted by Gasteiger charge is 2.10. The molecule has 21 heavy (non-hydrogen) atoms. The summed E-state index contributed by atoms with van der Waals surface area (Å²) in [5.41, 5.74) is 2.11. The van der Waals surface area contributed by atoms with E-state index in [9.17, 15) is 4.79 Å². The largest absolute Gasteiger partial charge is 0.445 e. The standard InChI is InChI=1S/C18H19NO2/c1-2-17(13-15-9-5-3-6-10-15)19-18(20)21-14-16-11-7-4-8-12-16/h2-12,17H,1,13-14H2,(H,19,20)/t17-/m1/s1. The van der Waals surface area contributed by atoms with Crippen LogP contribution in [0.25, 0.3) is 0 Å². The molecule has 0 fully saturated rings. The molecule has 108 valence electrons. The third-order valence-corrected chi connectivity index (χ3v) is 3.10. The minimum atomic E-state index is -0.431. The lowest BCUT2D eigenvalue weighted by Crippen LogP contribution is -2.35. The first-order valence-electron chi connectivity index (χ1n) is 6.91. The van der Waals surface area contributed by atoms with Crippen LogP contribution < -0.4 is 5.32 Å². The van der Waals surface area contributed by atoms with E-state index in [4.69, 9.17) is 4.74 Å². The molecule has 1 N–H and O–H groups in total. The van der Waals surface area contributed by atoms with Crippen LogP contribution in [0.15, 0.2) is 73.3 Å². The number of benzene rings is 2. The van der Waals surface area contributed by atoms with Gasteiger partial charge in [-0.15, -0.1) is 6.58 Å². The highest BCUT2D eigenvalue weighted by atomic mass is 16.5. The van der Waals surface area contributed by atoms with E-state index in [2.05, 4.69) is 11.9 Å². The predicted molar refractivity (Wildman–Crippen MR) is 83.9 cm³/mol. The lowest BCUT2D eigenvalue weighted by Gasteiger charge is -2.15. The van der Waals surface area contributed by atoms with Gasteiger partial charge in [0.15, 0.2) is 0 Å². The first kappa shape index (κ1) is 14.9. The Kier molecular flexibility index (Phi) is 5.59. The number of nitrogens with one attached hydrogen (secondary N) is 1. The molecule has 3 heteroatoms. The molecule has 0 saturated heterocycles. The van der Waals surface area contributed by atoms with Gasteiger partial charge < -0.3 is 10.1 Å². The first-order chi connectivity index (χ1) is 10.3. The second-order valence-corrected chi connectivity index (χ2v) is 4.74. The molecule has 0 aliphatic rings. The van der Waals surface area contributed by atoms with Crippen LogP contribution >= 0.6 is 0 Å². The highest BCUT2D eigenvalue weighted by molar-refractivity contribution is 5.68. The van der Waals surface area contributed by atoms with Crippen LogP contribution in [0.4, 0.5) is 4.79 Å². The van der Waals surface area contributed by atoms with E-state index in [-0.39, 0.29) is 12.6 Å². The van der Waals surface area contributed by atoms with Gasteiger partial charge in [-0.3, -0.25) is 0 Å². The maximum absolute atomic E-state index is 11.8. The van der Waals surface area contributed by atoms with Gasteiger partial charge in [-0.1, -0.05) is 66.7 Å². The second kappa shape index (κ2) is 7.90. The summed E-state index contributed by atoms with van der Waals surface area (Å²) < 4.78 is 5.20. The van der Waals surface area contributed by atoms with Crippen LogP contribution in [-0.2, 0) is 17.8 Å². The minimum absolute atomic E-state index is 0.143. The Morgan fingerprint density at radius 1 is 1.05 bits per heavy atom. The summed E-state index contributed by atoms with van der Waals surface area (Å²) in [7, 11) is 0. The van der Waals surface area contributed by atoms with Crippen LogP contribution in [0.3, 0.4) is 0 Å². The van der Waals surface area contributed by atoms with Crippen molar-refractivity contribution in [3.8, 4) is 0 Å². The number of carbonyl (C=O) groups excluding carboxylic acids is 1. The fourth-order valence-corrected chi connectivity index (χ4v) is 1.98. The maximum Gasteiger partial charge on any atom is 0.407 e. The van der Waals surface area contributed by atoms with E-state index in [0.717, 1.165) is 11.1 Å². The Bertz CT molecular complexity index is 566. The number of amides is 1. The zero-order chi connectivity index (χ0) is 14.9. The van der Waals surface area contributed by atoms with Crippen LogP contribution in [0.5, 0.6) is 0 Å². The summed E-state index contributed by atoms with van der Waals surface area (Å²) in [6.07, 6.45) is 1.99. The van der Waals surface area contributed by atoms with E-state index in [1.54, 1.807) is 6.08 Å². The van der Waals surface area contributed by atoms with Crippen molar-refractivity contribution in [1.82, 2.24) is 5.32 Å². The van der Waals surface area contributed by atoms with Crippen LogP contribution in [0.2, 0.25) is 0 Å². The Hall–Kier alpha value is -2.55. The molecule has 1 atom stereocenters. The number of hydrogen-bond donors (Lipinski definition) is 1. The van der Waals surface area contributed by atoms with Crippen LogP contribution in [0.1, 0.15) is 11.1 Å². The zero-order valence-corrected chi connectivity index (χ0v) is 11.9. The molecule has 0 aromatic heterocycles. The molecule has 3 nitrogen and oxygen atoms in total. The summed E-state index contributed by atoms with van der Waals surface area (Å²) in [6, 6.07) is 19.4. The maximum atomic E-state index is 11.8. The molecule has 0 aliphatic carbocycles. The van der Waals surface area contributed by atoms with Crippen molar-refractivity contribution < 1.29 is 9.53 Å². The van der Waals surface area contributed by atoms with E-state index in [1.807, 2.05) is 60.7 Å². The van der Waals surface area contributed by atoms with E-state index < -0.39 is 6.09 Å². The van der Waals surface area contributed by atoms with Gasteiger partial charge in [-0.2, -0.15) is 0 Å². The molecule has 0 heterocycles. The van der Waals surface area contributed by atoms with Gasteiger partial charge in [-0.25, -0.2) is 4.79 Å². The number of ether oxygens (including phenoxy) is 1. The molecular weight excluding hydrogens is 262 g/mol. The van der Waals surface area contributed by atoms with Crippen molar-refractivity contribution in [3.63, 3.8) is 0 Å². The lowest BCUT2D eigenvalue weighted by molar-refractivity contribution is 0.137. The quantitative estimate of drug-likeness (QED) is 0.820. The van der Waals surface area contributed by atoms with Crippen molar-refractivity contribution >= 4 is 6.09 Å². The molecule has 2 rings (SSSR count). The van der Waals surface area contributed by atoms with Gasteiger partial charge in [0.2, 0.25) is 0 Å². The van der Waals surface area contributed by atoms with Crippen molar-refractivity contribution in [2.24, 2.45) is 0 Å². The van der Waals surface area contributed by atoms with Gasteiger partial charge in [0.1, 0.15) is 6.61 Å². The van der Waals surface area contributed by atoms with Crippen LogP contribution in [-0.4, -0.2) is 12.1 Å². The summed E-state index contributed by atoms with van der Waals surface area (Å²) in [4.78, 5) is 11.8. The smallest absolute Gasteiger partial charge is 0.407 e. The molecule has 0 radical (unpaired) electrons. The normalized spacial score (nSPS) is 11.4.